The van der Waals surface area contributed by atoms with Gasteiger partial charge in [0.05, 0.1) is 17.7 Å². The Morgan fingerprint density at radius 1 is 1.31 bits per heavy atom. The van der Waals surface area contributed by atoms with Crippen LogP contribution in [0.3, 0.4) is 0 Å². The maximum Gasteiger partial charge on any atom is 0.416 e. The fraction of sp³-hybridized carbons (Fsp3) is 0.273. The summed E-state index contributed by atoms with van der Waals surface area (Å²) in [6.07, 6.45) is -4.53. The van der Waals surface area contributed by atoms with Crippen LogP contribution in [0.15, 0.2) is 18.2 Å². The van der Waals surface area contributed by atoms with Crippen LogP contribution in [-0.4, -0.2) is 13.6 Å². The first-order chi connectivity index (χ1) is 7.45. The second-order valence-electron chi connectivity index (χ2n) is 3.02. The standard InChI is InChI=1S/C11H9F4N/c1-16-6-2-3-8-4-5-9(7-10(8)12)11(13,14)15/h4-5,7,16H,6H2,1H3. The molecule has 1 aromatic rings. The van der Waals surface area contributed by atoms with Crippen LogP contribution in [0.1, 0.15) is 11.1 Å². The molecule has 0 spiro atoms. The summed E-state index contributed by atoms with van der Waals surface area (Å²) in [6, 6.07) is 2.29. The van der Waals surface area contributed by atoms with Crippen LogP contribution in [0, 0.1) is 17.7 Å². The number of halogens is 4. The highest BCUT2D eigenvalue weighted by molar-refractivity contribution is 5.38. The van der Waals surface area contributed by atoms with E-state index < -0.39 is 17.6 Å². The highest BCUT2D eigenvalue weighted by atomic mass is 19.4. The molecule has 1 N–H and O–H groups in total. The largest absolute Gasteiger partial charge is 0.416 e. The molecular weight excluding hydrogens is 222 g/mol. The van der Waals surface area contributed by atoms with Gasteiger partial charge in [0.15, 0.2) is 0 Å². The van der Waals surface area contributed by atoms with Crippen LogP contribution in [0.25, 0.3) is 0 Å². The van der Waals surface area contributed by atoms with Gasteiger partial charge in [-0.1, -0.05) is 11.8 Å². The second kappa shape index (κ2) is 4.99. The average molecular weight is 231 g/mol. The maximum absolute atomic E-state index is 13.2. The highest BCUT2D eigenvalue weighted by Crippen LogP contribution is 2.29. The third-order valence-corrected chi connectivity index (χ3v) is 1.78. The fourth-order valence-electron chi connectivity index (χ4n) is 1.02. The molecule has 0 unspecified atom stereocenters. The third-order valence-electron chi connectivity index (χ3n) is 1.78. The molecule has 0 saturated carbocycles. The van der Waals surface area contributed by atoms with Gasteiger partial charge in [0, 0.05) is 0 Å². The van der Waals surface area contributed by atoms with Crippen molar-refractivity contribution in [2.45, 2.75) is 6.18 Å². The lowest BCUT2D eigenvalue weighted by Crippen LogP contribution is -2.06. The number of alkyl halides is 3. The number of hydrogen-bond donors (Lipinski definition) is 1. The lowest BCUT2D eigenvalue weighted by atomic mass is 10.1. The Hall–Kier alpha value is -1.54. The van der Waals surface area contributed by atoms with E-state index in [4.69, 9.17) is 0 Å². The van der Waals surface area contributed by atoms with E-state index in [0.717, 1.165) is 12.1 Å². The van der Waals surface area contributed by atoms with Crippen molar-refractivity contribution >= 4 is 0 Å². The van der Waals surface area contributed by atoms with E-state index in [9.17, 15) is 17.6 Å². The Morgan fingerprint density at radius 2 is 2.00 bits per heavy atom. The Kier molecular flexibility index (Phi) is 3.91. The van der Waals surface area contributed by atoms with Crippen LogP contribution < -0.4 is 5.32 Å². The summed E-state index contributed by atoms with van der Waals surface area (Å²) in [5, 5.41) is 2.72. The summed E-state index contributed by atoms with van der Waals surface area (Å²) in [4.78, 5) is 0. The van der Waals surface area contributed by atoms with Crippen molar-refractivity contribution in [1.82, 2.24) is 5.32 Å². The van der Waals surface area contributed by atoms with E-state index in [1.807, 2.05) is 0 Å². The molecule has 0 atom stereocenters. The van der Waals surface area contributed by atoms with Crippen molar-refractivity contribution in [3.05, 3.63) is 35.1 Å². The van der Waals surface area contributed by atoms with Crippen LogP contribution >= 0.6 is 0 Å². The molecule has 0 aliphatic heterocycles. The van der Waals surface area contributed by atoms with E-state index in [0.29, 0.717) is 12.6 Å². The van der Waals surface area contributed by atoms with Crippen LogP contribution in [0.4, 0.5) is 17.6 Å². The molecule has 0 aliphatic rings. The highest BCUT2D eigenvalue weighted by Gasteiger charge is 2.30. The molecule has 86 valence electrons. The molecule has 16 heavy (non-hydrogen) atoms. The first kappa shape index (κ1) is 12.5. The minimum Gasteiger partial charge on any atom is -0.309 e. The predicted octanol–water partition coefficient (Wildman–Crippen LogP) is 2.42. The first-order valence-electron chi connectivity index (χ1n) is 4.45. The van der Waals surface area contributed by atoms with Crippen molar-refractivity contribution in [2.75, 3.05) is 13.6 Å². The quantitative estimate of drug-likeness (QED) is 0.578. The van der Waals surface area contributed by atoms with Crippen molar-refractivity contribution < 1.29 is 17.6 Å². The Balaban J connectivity index is 2.98. The van der Waals surface area contributed by atoms with Gasteiger partial charge < -0.3 is 5.32 Å². The number of nitrogens with one attached hydrogen (secondary N) is 1. The zero-order valence-corrected chi connectivity index (χ0v) is 8.45. The second-order valence-corrected chi connectivity index (χ2v) is 3.02. The van der Waals surface area contributed by atoms with Gasteiger partial charge in [0.1, 0.15) is 5.82 Å². The Labute approximate surface area is 90.5 Å². The molecule has 0 aliphatic carbocycles. The zero-order valence-electron chi connectivity index (χ0n) is 8.45. The van der Waals surface area contributed by atoms with E-state index >= 15 is 0 Å². The number of rotatable bonds is 1. The Bertz CT molecular complexity index is 426. The molecule has 1 rings (SSSR count). The number of hydrogen-bond acceptors (Lipinski definition) is 1. The smallest absolute Gasteiger partial charge is 0.309 e. The normalized spacial score (nSPS) is 10.8. The summed E-state index contributed by atoms with van der Waals surface area (Å²) in [6.45, 7) is 0.348. The number of benzene rings is 1. The van der Waals surface area contributed by atoms with Crippen LogP contribution in [-0.2, 0) is 6.18 Å². The topological polar surface area (TPSA) is 12.0 Å². The van der Waals surface area contributed by atoms with Gasteiger partial charge in [0.2, 0.25) is 0 Å². The van der Waals surface area contributed by atoms with E-state index in [1.165, 1.54) is 0 Å². The summed E-state index contributed by atoms with van der Waals surface area (Å²) in [5.74, 6) is 4.05. The maximum atomic E-state index is 13.2. The third kappa shape index (κ3) is 3.24. The van der Waals surface area contributed by atoms with Crippen molar-refractivity contribution in [2.24, 2.45) is 0 Å². The monoisotopic (exact) mass is 231 g/mol. The Morgan fingerprint density at radius 3 is 2.50 bits per heavy atom. The SMILES string of the molecule is CNCC#Cc1ccc(C(F)(F)F)cc1F. The zero-order chi connectivity index (χ0) is 12.2. The molecule has 0 fully saturated rings. The summed E-state index contributed by atoms with van der Waals surface area (Å²) < 4.78 is 49.8. The lowest BCUT2D eigenvalue weighted by Gasteiger charge is -2.06. The van der Waals surface area contributed by atoms with Crippen molar-refractivity contribution in [1.29, 1.82) is 0 Å². The minimum atomic E-state index is -4.53. The van der Waals surface area contributed by atoms with E-state index in [1.54, 1.807) is 7.05 Å². The van der Waals surface area contributed by atoms with Gasteiger partial charge >= 0.3 is 6.18 Å². The van der Waals surface area contributed by atoms with Gasteiger partial charge in [-0.05, 0) is 25.2 Å². The van der Waals surface area contributed by atoms with Crippen molar-refractivity contribution in [3.63, 3.8) is 0 Å². The van der Waals surface area contributed by atoms with Gasteiger partial charge in [-0.3, -0.25) is 0 Å². The first-order valence-corrected chi connectivity index (χ1v) is 4.45. The molecule has 1 nitrogen and oxygen atoms in total. The molecule has 0 bridgehead atoms. The summed E-state index contributed by atoms with van der Waals surface area (Å²) in [7, 11) is 1.66. The molecule has 1 aromatic carbocycles. The fourth-order valence-corrected chi connectivity index (χ4v) is 1.02. The van der Waals surface area contributed by atoms with E-state index in [2.05, 4.69) is 17.2 Å². The van der Waals surface area contributed by atoms with Crippen LogP contribution in [0.2, 0.25) is 0 Å². The van der Waals surface area contributed by atoms with Gasteiger partial charge in [-0.25, -0.2) is 4.39 Å². The molecular formula is C11H9F4N. The molecule has 5 heteroatoms. The molecule has 0 heterocycles. The van der Waals surface area contributed by atoms with Gasteiger partial charge in [0.25, 0.3) is 0 Å². The summed E-state index contributed by atoms with van der Waals surface area (Å²) in [5.41, 5.74) is -1.05. The van der Waals surface area contributed by atoms with Crippen LogP contribution in [0.5, 0.6) is 0 Å². The minimum absolute atomic E-state index is 0.0387. The molecule has 0 saturated heterocycles. The molecule has 0 radical (unpaired) electrons. The average Bonchev–Trinajstić information content (AvgIpc) is 2.19. The summed E-state index contributed by atoms with van der Waals surface area (Å²) >= 11 is 0. The van der Waals surface area contributed by atoms with Gasteiger partial charge in [-0.2, -0.15) is 13.2 Å². The van der Waals surface area contributed by atoms with Crippen molar-refractivity contribution in [3.8, 4) is 11.8 Å². The lowest BCUT2D eigenvalue weighted by molar-refractivity contribution is -0.137. The molecule has 0 amide bonds. The predicted molar refractivity (Wildman–Crippen MR) is 52.2 cm³/mol. The van der Waals surface area contributed by atoms with E-state index in [-0.39, 0.29) is 5.56 Å². The molecule has 0 aromatic heterocycles. The van der Waals surface area contributed by atoms with Gasteiger partial charge in [-0.15, -0.1) is 0 Å².